The van der Waals surface area contributed by atoms with Crippen molar-refractivity contribution in [2.75, 3.05) is 10.5 Å². The van der Waals surface area contributed by atoms with Crippen molar-refractivity contribution in [1.82, 2.24) is 4.98 Å². The molecule has 1 aliphatic carbocycles. The van der Waals surface area contributed by atoms with Gasteiger partial charge in [-0.1, -0.05) is 25.1 Å². The highest BCUT2D eigenvalue weighted by atomic mass is 32.2. The molecule has 0 atom stereocenters. The molecule has 206 valence electrons. The van der Waals surface area contributed by atoms with Gasteiger partial charge in [-0.05, 0) is 42.3 Å². The molecule has 0 fully saturated rings. The van der Waals surface area contributed by atoms with Crippen molar-refractivity contribution in [2.45, 2.75) is 30.2 Å². The molecule has 1 N–H and O–H groups in total. The number of nitrogens with zero attached hydrogens (tertiary/aromatic N) is 1. The zero-order valence-electron chi connectivity index (χ0n) is 20.0. The summed E-state index contributed by atoms with van der Waals surface area (Å²) in [4.78, 5) is 16.5. The monoisotopic (exact) mass is 586 g/mol. The first-order chi connectivity index (χ1) is 18.2. The summed E-state index contributed by atoms with van der Waals surface area (Å²) in [6.07, 6.45) is 3.14. The number of alkyl halides is 3. The van der Waals surface area contributed by atoms with Crippen LogP contribution in [0.2, 0.25) is 0 Å². The summed E-state index contributed by atoms with van der Waals surface area (Å²) in [5, 5.41) is 0. The molecular weight excluding hydrogens is 567 g/mol. The Kier molecular flexibility index (Phi) is 7.38. The minimum Gasteiger partial charge on any atom is -0.288 e. The number of sulfone groups is 1. The van der Waals surface area contributed by atoms with Crippen molar-refractivity contribution >= 4 is 36.9 Å². The van der Waals surface area contributed by atoms with E-state index < -0.39 is 58.9 Å². The summed E-state index contributed by atoms with van der Waals surface area (Å²) < 4.78 is 118. The first-order valence-electron chi connectivity index (χ1n) is 11.3. The molecule has 0 bridgehead atoms. The van der Waals surface area contributed by atoms with E-state index >= 15 is 4.39 Å². The average Bonchev–Trinajstić information content (AvgIpc) is 3.28. The maximum atomic E-state index is 15.2. The lowest BCUT2D eigenvalue weighted by molar-refractivity contribution is -0.0436. The summed E-state index contributed by atoms with van der Waals surface area (Å²) in [6, 6.07) is 6.90. The van der Waals surface area contributed by atoms with E-state index in [0.29, 0.717) is 11.3 Å². The molecule has 1 aliphatic rings. The lowest BCUT2D eigenvalue weighted by atomic mass is 9.96. The fraction of sp³-hybridized carbons (Fsp3) is 0.200. The van der Waals surface area contributed by atoms with Crippen LogP contribution in [0.4, 0.5) is 27.6 Å². The Labute approximate surface area is 220 Å². The number of hydrogen-bond donors (Lipinski definition) is 1. The largest absolute Gasteiger partial charge is 0.501 e. The number of carbonyl (C=O) groups excluding carboxylic acids is 1. The van der Waals surface area contributed by atoms with Gasteiger partial charge >= 0.3 is 5.51 Å². The number of fused-ring (bicyclic) bond motifs is 1. The Morgan fingerprint density at radius 1 is 1.00 bits per heavy atom. The van der Waals surface area contributed by atoms with Gasteiger partial charge in [-0.25, -0.2) is 25.6 Å². The molecule has 0 amide bonds. The highest BCUT2D eigenvalue weighted by Gasteiger charge is 2.46. The number of Topliss-reactive ketones (excluding diaryl/α,β-unsaturated/α-hetero) is 1. The Hall–Kier alpha value is -3.65. The van der Waals surface area contributed by atoms with E-state index in [-0.39, 0.29) is 35.3 Å². The zero-order chi connectivity index (χ0) is 28.8. The maximum absolute atomic E-state index is 15.2. The number of pyridine rings is 1. The summed E-state index contributed by atoms with van der Waals surface area (Å²) in [6.45, 7) is 1.60. The van der Waals surface area contributed by atoms with Crippen LogP contribution in [-0.2, 0) is 26.3 Å². The smallest absolute Gasteiger partial charge is 0.288 e. The number of ketones is 1. The summed E-state index contributed by atoms with van der Waals surface area (Å²) in [5.74, 6) is -3.98. The predicted molar refractivity (Wildman–Crippen MR) is 133 cm³/mol. The highest BCUT2D eigenvalue weighted by molar-refractivity contribution is 7.92. The van der Waals surface area contributed by atoms with Gasteiger partial charge in [0.15, 0.2) is 11.6 Å². The number of aromatic nitrogens is 1. The van der Waals surface area contributed by atoms with Crippen LogP contribution >= 0.6 is 0 Å². The third kappa shape index (κ3) is 5.43. The Balaban J connectivity index is 1.68. The highest BCUT2D eigenvalue weighted by Crippen LogP contribution is 2.36. The van der Waals surface area contributed by atoms with E-state index in [9.17, 15) is 39.2 Å². The van der Waals surface area contributed by atoms with Gasteiger partial charge in [-0.15, -0.1) is 0 Å². The third-order valence-corrected chi connectivity index (χ3v) is 8.84. The SMILES string of the molecule is CCCS(=O)(=O)Nc1ccc(F)c(C(=O)C2=CCc3ncc(-c4ccc(S(=O)(=O)C(F)(F)F)cc4)cc32)c1F. The molecule has 1 aromatic heterocycles. The number of rotatable bonds is 8. The fourth-order valence-corrected chi connectivity index (χ4v) is 5.89. The summed E-state index contributed by atoms with van der Waals surface area (Å²) >= 11 is 0. The van der Waals surface area contributed by atoms with E-state index in [1.165, 1.54) is 18.3 Å². The van der Waals surface area contributed by atoms with Gasteiger partial charge in [0.25, 0.3) is 9.84 Å². The number of hydrogen-bond acceptors (Lipinski definition) is 6. The van der Waals surface area contributed by atoms with Gasteiger partial charge in [0.2, 0.25) is 10.0 Å². The number of carbonyl (C=O) groups is 1. The van der Waals surface area contributed by atoms with Crippen LogP contribution in [0.15, 0.2) is 59.6 Å². The summed E-state index contributed by atoms with van der Waals surface area (Å²) in [7, 11) is -9.48. The van der Waals surface area contributed by atoms with Crippen LogP contribution in [0.5, 0.6) is 0 Å². The Morgan fingerprint density at radius 2 is 1.67 bits per heavy atom. The number of nitrogens with one attached hydrogen (secondary N) is 1. The molecule has 7 nitrogen and oxygen atoms in total. The molecule has 4 rings (SSSR count). The first-order valence-corrected chi connectivity index (χ1v) is 14.4. The van der Waals surface area contributed by atoms with Gasteiger partial charge < -0.3 is 0 Å². The molecule has 0 unspecified atom stereocenters. The summed E-state index contributed by atoms with van der Waals surface area (Å²) in [5.41, 5.74) is -5.98. The quantitative estimate of drug-likeness (QED) is 0.284. The van der Waals surface area contributed by atoms with Crippen molar-refractivity contribution < 1.29 is 43.6 Å². The van der Waals surface area contributed by atoms with Crippen LogP contribution in [0.1, 0.15) is 35.0 Å². The van der Waals surface area contributed by atoms with Gasteiger partial charge in [0.1, 0.15) is 5.82 Å². The lowest BCUT2D eigenvalue weighted by Gasteiger charge is -2.13. The zero-order valence-corrected chi connectivity index (χ0v) is 21.6. The number of allylic oxidation sites excluding steroid dienone is 2. The molecule has 0 saturated heterocycles. The van der Waals surface area contributed by atoms with E-state index in [4.69, 9.17) is 0 Å². The molecule has 3 aromatic rings. The molecule has 0 aliphatic heterocycles. The lowest BCUT2D eigenvalue weighted by Crippen LogP contribution is -2.23. The fourth-order valence-electron chi connectivity index (χ4n) is 3.99. The van der Waals surface area contributed by atoms with Crippen molar-refractivity contribution in [3.05, 3.63) is 83.2 Å². The van der Waals surface area contributed by atoms with Crippen LogP contribution in [0, 0.1) is 11.6 Å². The van der Waals surface area contributed by atoms with Crippen LogP contribution in [0.3, 0.4) is 0 Å². The number of benzene rings is 2. The molecular formula is C25H19F5N2O5S2. The van der Waals surface area contributed by atoms with E-state index in [0.717, 1.165) is 36.4 Å². The van der Waals surface area contributed by atoms with Crippen LogP contribution in [-0.4, -0.2) is 38.9 Å². The molecule has 0 saturated carbocycles. The minimum absolute atomic E-state index is 0.109. The number of halogens is 5. The predicted octanol–water partition coefficient (Wildman–Crippen LogP) is 5.29. The second-order valence-corrected chi connectivity index (χ2v) is 12.3. The third-order valence-electron chi connectivity index (χ3n) is 5.86. The van der Waals surface area contributed by atoms with E-state index in [1.807, 2.05) is 4.72 Å². The van der Waals surface area contributed by atoms with Crippen LogP contribution < -0.4 is 4.72 Å². The second kappa shape index (κ2) is 10.2. The minimum atomic E-state index is -5.55. The topological polar surface area (TPSA) is 110 Å². The van der Waals surface area contributed by atoms with Crippen molar-refractivity contribution in [3.63, 3.8) is 0 Å². The van der Waals surface area contributed by atoms with Gasteiger partial charge in [-0.3, -0.25) is 14.5 Å². The molecule has 39 heavy (non-hydrogen) atoms. The van der Waals surface area contributed by atoms with Crippen molar-refractivity contribution in [1.29, 1.82) is 0 Å². The number of anilines is 1. The Morgan fingerprint density at radius 3 is 2.28 bits per heavy atom. The van der Waals surface area contributed by atoms with Gasteiger partial charge in [0, 0.05) is 29.3 Å². The van der Waals surface area contributed by atoms with Gasteiger partial charge in [0.05, 0.1) is 27.6 Å². The van der Waals surface area contributed by atoms with Gasteiger partial charge in [-0.2, -0.15) is 13.2 Å². The number of sulfonamides is 1. The molecule has 0 spiro atoms. The molecule has 14 heteroatoms. The van der Waals surface area contributed by atoms with E-state index in [1.54, 1.807) is 6.92 Å². The standard InChI is InChI=1S/C25H19F5N2O5S2/c1-2-11-38(34,35)32-21-10-8-19(26)22(23(21)27)24(33)17-7-9-20-18(17)12-15(13-31-20)14-3-5-16(6-4-14)39(36,37)25(28,29)30/h3-8,10,12-13,32H,2,9,11H2,1H3. The average molecular weight is 587 g/mol. The molecule has 2 aromatic carbocycles. The molecule has 0 radical (unpaired) electrons. The normalized spacial score (nSPS) is 13.6. The molecule has 1 heterocycles. The van der Waals surface area contributed by atoms with Crippen LogP contribution in [0.25, 0.3) is 16.7 Å². The van der Waals surface area contributed by atoms with E-state index in [2.05, 4.69) is 4.98 Å². The first kappa shape index (κ1) is 28.4. The van der Waals surface area contributed by atoms with Crippen molar-refractivity contribution in [3.8, 4) is 11.1 Å². The Bertz CT molecular complexity index is 1720. The second-order valence-electron chi connectivity index (χ2n) is 8.55. The maximum Gasteiger partial charge on any atom is 0.501 e. The van der Waals surface area contributed by atoms with Crippen molar-refractivity contribution in [2.24, 2.45) is 0 Å².